The Morgan fingerprint density at radius 2 is 2.50 bits per heavy atom. The van der Waals surface area contributed by atoms with E-state index < -0.39 is 0 Å². The highest BCUT2D eigenvalue weighted by Gasteiger charge is 1.70. The van der Waals surface area contributed by atoms with Gasteiger partial charge in [0.05, 0.1) is 0 Å². The first-order valence-corrected chi connectivity index (χ1v) is 1.86. The van der Waals surface area contributed by atoms with E-state index in [9.17, 15) is 0 Å². The van der Waals surface area contributed by atoms with Crippen LogP contribution in [0.5, 0.6) is 0 Å². The third-order valence-electron chi connectivity index (χ3n) is 0.229. The van der Waals surface area contributed by atoms with Gasteiger partial charge in [-0.05, 0) is 6.92 Å². The second kappa shape index (κ2) is 2.78. The molecular formula is C3H5O2Si. The summed E-state index contributed by atoms with van der Waals surface area (Å²) in [6, 6.07) is 0. The first kappa shape index (κ1) is 5.56. The summed E-state index contributed by atoms with van der Waals surface area (Å²) < 4.78 is 4.20. The van der Waals surface area contributed by atoms with Gasteiger partial charge in [-0.2, -0.15) is 0 Å². The third-order valence-corrected chi connectivity index (χ3v) is 0.347. The molecular weight excluding hydrogens is 96.1 g/mol. The van der Waals surface area contributed by atoms with Gasteiger partial charge in [0.25, 0.3) is 0 Å². The summed E-state index contributed by atoms with van der Waals surface area (Å²) in [5.74, 6) is 0.144. The van der Waals surface area contributed by atoms with Crippen LogP contribution in [-0.2, 0) is 4.43 Å². The van der Waals surface area contributed by atoms with Crippen molar-refractivity contribution in [3.05, 3.63) is 12.0 Å². The van der Waals surface area contributed by atoms with Crippen molar-refractivity contribution in [2.24, 2.45) is 0 Å². The van der Waals surface area contributed by atoms with E-state index in [1.807, 2.05) is 0 Å². The number of hydrogen-bond donors (Lipinski definition) is 1. The summed E-state index contributed by atoms with van der Waals surface area (Å²) >= 11 is 0. The van der Waals surface area contributed by atoms with Crippen LogP contribution in [0.4, 0.5) is 0 Å². The molecule has 0 aliphatic rings. The zero-order valence-corrected chi connectivity index (χ0v) is 4.43. The van der Waals surface area contributed by atoms with Gasteiger partial charge in [0.15, 0.2) is 0 Å². The van der Waals surface area contributed by atoms with Crippen LogP contribution < -0.4 is 0 Å². The Morgan fingerprint density at radius 3 is 2.50 bits per heavy atom. The van der Waals surface area contributed by atoms with Crippen LogP contribution in [0.25, 0.3) is 0 Å². The molecule has 0 spiro atoms. The van der Waals surface area contributed by atoms with E-state index in [2.05, 4.69) is 14.9 Å². The fourth-order valence-corrected chi connectivity index (χ4v) is 0.256. The smallest absolute Gasteiger partial charge is 0.340 e. The lowest BCUT2D eigenvalue weighted by atomic mass is 10.7. The number of aliphatic hydroxyl groups excluding tert-OH is 1. The van der Waals surface area contributed by atoms with Gasteiger partial charge in [0, 0.05) is 0 Å². The lowest BCUT2D eigenvalue weighted by Crippen LogP contribution is -1.72. The first-order chi connectivity index (χ1) is 2.77. The van der Waals surface area contributed by atoms with Crippen molar-refractivity contribution in [1.29, 1.82) is 0 Å². The molecule has 0 amide bonds. The highest BCUT2D eigenvalue weighted by molar-refractivity contribution is 5.98. The normalized spacial score (nSPS) is 11.3. The van der Waals surface area contributed by atoms with Crippen molar-refractivity contribution in [2.75, 3.05) is 0 Å². The molecule has 6 heavy (non-hydrogen) atoms. The summed E-state index contributed by atoms with van der Waals surface area (Å²) in [6.45, 7) is 1.51. The van der Waals surface area contributed by atoms with Gasteiger partial charge in [-0.1, -0.05) is 0 Å². The maximum atomic E-state index is 8.26. The van der Waals surface area contributed by atoms with Crippen molar-refractivity contribution >= 4 is 10.5 Å². The van der Waals surface area contributed by atoms with E-state index in [-0.39, 0.29) is 5.76 Å². The van der Waals surface area contributed by atoms with E-state index in [1.165, 1.54) is 13.2 Å². The molecule has 1 N–H and O–H groups in total. The average Bonchev–Trinajstić information content (AvgIpc) is 1.35. The largest absolute Gasteiger partial charge is 0.543 e. The Morgan fingerprint density at radius 1 is 2.00 bits per heavy atom. The highest BCUT2D eigenvalue weighted by atomic mass is 28.2. The summed E-state index contributed by atoms with van der Waals surface area (Å²) in [4.78, 5) is 0. The monoisotopic (exact) mass is 101 g/mol. The summed E-state index contributed by atoms with van der Waals surface area (Å²) in [5, 5.41) is 8.26. The number of rotatable bonds is 1. The molecule has 0 aromatic carbocycles. The summed E-state index contributed by atoms with van der Waals surface area (Å²) in [5.41, 5.74) is 0. The molecule has 0 unspecified atom stereocenters. The molecule has 0 heterocycles. The summed E-state index contributed by atoms with van der Waals surface area (Å²) in [7, 11) is 2.66. The maximum Gasteiger partial charge on any atom is 0.340 e. The van der Waals surface area contributed by atoms with Crippen molar-refractivity contribution in [3.8, 4) is 0 Å². The molecule has 0 aromatic rings. The number of hydrogen-bond acceptors (Lipinski definition) is 2. The lowest BCUT2D eigenvalue weighted by Gasteiger charge is -1.84. The second-order valence-corrected chi connectivity index (χ2v) is 1.11. The molecule has 0 aliphatic heterocycles. The maximum absolute atomic E-state index is 8.26. The minimum atomic E-state index is 0.144. The van der Waals surface area contributed by atoms with Crippen LogP contribution in [0.3, 0.4) is 0 Å². The molecule has 33 valence electrons. The lowest BCUT2D eigenvalue weighted by molar-refractivity contribution is 0.380. The SMILES string of the molecule is C/C(O)=C\O[Si]. The van der Waals surface area contributed by atoms with Crippen LogP contribution in [0, 0.1) is 0 Å². The van der Waals surface area contributed by atoms with Crippen molar-refractivity contribution in [2.45, 2.75) is 6.92 Å². The average molecular weight is 101 g/mol. The molecule has 2 nitrogen and oxygen atoms in total. The molecule has 0 fully saturated rings. The van der Waals surface area contributed by atoms with Crippen LogP contribution >= 0.6 is 0 Å². The predicted octanol–water partition coefficient (Wildman–Crippen LogP) is 0.506. The Bertz CT molecular complexity index is 55.8. The minimum Gasteiger partial charge on any atom is -0.543 e. The van der Waals surface area contributed by atoms with Crippen molar-refractivity contribution < 1.29 is 9.53 Å². The van der Waals surface area contributed by atoms with Gasteiger partial charge >= 0.3 is 10.5 Å². The van der Waals surface area contributed by atoms with Gasteiger partial charge in [-0.3, -0.25) is 0 Å². The quantitative estimate of drug-likeness (QED) is 0.385. The molecule has 3 heteroatoms. The Labute approximate surface area is 40.0 Å². The molecule has 0 rings (SSSR count). The molecule has 0 aliphatic carbocycles. The highest BCUT2D eigenvalue weighted by Crippen LogP contribution is 1.79. The topological polar surface area (TPSA) is 29.5 Å². The van der Waals surface area contributed by atoms with E-state index in [1.54, 1.807) is 0 Å². The van der Waals surface area contributed by atoms with E-state index in [0.717, 1.165) is 0 Å². The van der Waals surface area contributed by atoms with Gasteiger partial charge in [0.1, 0.15) is 12.0 Å². The second-order valence-electron chi connectivity index (χ2n) is 0.877. The van der Waals surface area contributed by atoms with Crippen molar-refractivity contribution in [1.82, 2.24) is 0 Å². The molecule has 0 bridgehead atoms. The van der Waals surface area contributed by atoms with Crippen LogP contribution in [0.15, 0.2) is 12.0 Å². The fourth-order valence-electron chi connectivity index (χ4n) is 0.0853. The first-order valence-electron chi connectivity index (χ1n) is 1.45. The molecule has 3 radical (unpaired) electrons. The molecule has 0 saturated heterocycles. The zero-order chi connectivity index (χ0) is 4.99. The molecule has 0 atom stereocenters. The third kappa shape index (κ3) is 3.56. The van der Waals surface area contributed by atoms with E-state index in [4.69, 9.17) is 5.11 Å². The van der Waals surface area contributed by atoms with Gasteiger partial charge in [-0.25, -0.2) is 0 Å². The van der Waals surface area contributed by atoms with Crippen LogP contribution in [-0.4, -0.2) is 15.6 Å². The number of allylic oxidation sites excluding steroid dienone is 1. The molecule has 0 saturated carbocycles. The Kier molecular flexibility index (Phi) is 2.57. The fraction of sp³-hybridized carbons (Fsp3) is 0.333. The van der Waals surface area contributed by atoms with Gasteiger partial charge < -0.3 is 9.53 Å². The van der Waals surface area contributed by atoms with Gasteiger partial charge in [-0.15, -0.1) is 0 Å². The predicted molar refractivity (Wildman–Crippen MR) is 23.2 cm³/mol. The van der Waals surface area contributed by atoms with E-state index >= 15 is 0 Å². The summed E-state index contributed by atoms with van der Waals surface area (Å²) in [6.07, 6.45) is 1.18. The van der Waals surface area contributed by atoms with Crippen molar-refractivity contribution in [3.63, 3.8) is 0 Å². The Balaban J connectivity index is 3.14. The minimum absolute atomic E-state index is 0.144. The van der Waals surface area contributed by atoms with E-state index in [0.29, 0.717) is 0 Å². The van der Waals surface area contributed by atoms with Gasteiger partial charge in [0.2, 0.25) is 0 Å². The zero-order valence-electron chi connectivity index (χ0n) is 3.43. The number of aliphatic hydroxyl groups is 1. The van der Waals surface area contributed by atoms with Crippen LogP contribution in [0.1, 0.15) is 6.92 Å². The molecule has 0 aromatic heterocycles. The van der Waals surface area contributed by atoms with Crippen LogP contribution in [0.2, 0.25) is 0 Å². The Hall–Kier alpha value is -0.443. The standard InChI is InChI=1S/C3H5O2Si/c1-3(4)2-5-6/h2,4H,1H3/b3-2+.